The van der Waals surface area contributed by atoms with Crippen molar-refractivity contribution in [1.82, 2.24) is 4.57 Å². The van der Waals surface area contributed by atoms with Gasteiger partial charge in [0.1, 0.15) is 5.75 Å². The number of nitrogens with one attached hydrogen (secondary N) is 1. The quantitative estimate of drug-likeness (QED) is 0.860. The Morgan fingerprint density at radius 3 is 2.86 bits per heavy atom. The third-order valence-corrected chi connectivity index (χ3v) is 3.33. The monoisotopic (exact) mass is 308 g/mol. The van der Waals surface area contributed by atoms with Gasteiger partial charge in [0.05, 0.1) is 17.3 Å². The van der Waals surface area contributed by atoms with E-state index in [2.05, 4.69) is 5.32 Å². The lowest BCUT2D eigenvalue weighted by molar-refractivity contribution is 0.186. The number of pyridine rings is 1. The van der Waals surface area contributed by atoms with Crippen molar-refractivity contribution in [3.8, 4) is 5.75 Å². The van der Waals surface area contributed by atoms with E-state index in [1.807, 2.05) is 0 Å². The summed E-state index contributed by atoms with van der Waals surface area (Å²) in [6.45, 7) is 1.54. The van der Waals surface area contributed by atoms with Gasteiger partial charge in [0, 0.05) is 32.5 Å². The summed E-state index contributed by atoms with van der Waals surface area (Å²) in [6.07, 6.45) is 1.75. The van der Waals surface area contributed by atoms with Crippen LogP contribution in [0.1, 0.15) is 5.56 Å². The molecule has 0 bridgehead atoms. The van der Waals surface area contributed by atoms with Crippen LogP contribution >= 0.6 is 11.6 Å². The first kappa shape index (κ1) is 15.4. The molecule has 0 aliphatic heterocycles. The summed E-state index contributed by atoms with van der Waals surface area (Å²) in [4.78, 5) is 11.7. The highest BCUT2D eigenvalue weighted by Gasteiger charge is 2.02. The van der Waals surface area contributed by atoms with Crippen molar-refractivity contribution in [3.05, 3.63) is 57.5 Å². The van der Waals surface area contributed by atoms with Crippen LogP contribution in [-0.2, 0) is 17.8 Å². The summed E-state index contributed by atoms with van der Waals surface area (Å²) in [5.41, 5.74) is 1.70. The van der Waals surface area contributed by atoms with E-state index in [0.29, 0.717) is 24.7 Å². The van der Waals surface area contributed by atoms with E-state index in [-0.39, 0.29) is 11.3 Å². The molecular weight excluding hydrogens is 292 g/mol. The fourth-order valence-corrected chi connectivity index (χ4v) is 2.07. The molecule has 0 amide bonds. The predicted molar refractivity (Wildman–Crippen MR) is 83.0 cm³/mol. The molecule has 0 unspecified atom stereocenters. The first-order valence-corrected chi connectivity index (χ1v) is 6.88. The highest BCUT2D eigenvalue weighted by molar-refractivity contribution is 6.32. The summed E-state index contributed by atoms with van der Waals surface area (Å²) in [6, 6.07) is 8.29. The molecular formula is C15H17ClN2O3. The zero-order valence-corrected chi connectivity index (χ0v) is 12.4. The van der Waals surface area contributed by atoms with Crippen molar-refractivity contribution in [2.45, 2.75) is 13.1 Å². The molecule has 112 valence electrons. The maximum atomic E-state index is 11.7. The van der Waals surface area contributed by atoms with E-state index < -0.39 is 0 Å². The number of nitrogens with zero attached hydrogens (tertiary/aromatic N) is 1. The third-order valence-electron chi connectivity index (χ3n) is 3.03. The van der Waals surface area contributed by atoms with Gasteiger partial charge in [-0.25, -0.2) is 0 Å². The zero-order chi connectivity index (χ0) is 15.2. The minimum absolute atomic E-state index is 0.0635. The predicted octanol–water partition coefficient (Wildman–Crippen LogP) is 2.47. The summed E-state index contributed by atoms with van der Waals surface area (Å²) >= 11 is 5.86. The Labute approximate surface area is 127 Å². The Morgan fingerprint density at radius 2 is 2.14 bits per heavy atom. The van der Waals surface area contributed by atoms with Crippen LogP contribution < -0.4 is 10.9 Å². The molecule has 2 aromatic rings. The molecule has 0 saturated carbocycles. The molecule has 2 rings (SSSR count). The van der Waals surface area contributed by atoms with Crippen molar-refractivity contribution in [3.63, 3.8) is 0 Å². The van der Waals surface area contributed by atoms with E-state index in [1.165, 1.54) is 6.07 Å². The lowest BCUT2D eigenvalue weighted by atomic mass is 10.2. The molecule has 0 aliphatic carbocycles. The fourth-order valence-electron chi connectivity index (χ4n) is 1.86. The molecule has 1 heterocycles. The Morgan fingerprint density at radius 1 is 1.33 bits per heavy atom. The maximum absolute atomic E-state index is 11.7. The number of rotatable bonds is 6. The molecule has 0 fully saturated rings. The van der Waals surface area contributed by atoms with Crippen molar-refractivity contribution >= 4 is 17.3 Å². The highest BCUT2D eigenvalue weighted by Crippen LogP contribution is 2.23. The lowest BCUT2D eigenvalue weighted by Crippen LogP contribution is -2.21. The highest BCUT2D eigenvalue weighted by atomic mass is 35.5. The van der Waals surface area contributed by atoms with Crippen LogP contribution in [0.5, 0.6) is 5.75 Å². The second-order valence-electron chi connectivity index (χ2n) is 4.58. The largest absolute Gasteiger partial charge is 0.506 e. The van der Waals surface area contributed by atoms with Crippen LogP contribution in [0.3, 0.4) is 0 Å². The van der Waals surface area contributed by atoms with Crippen molar-refractivity contribution < 1.29 is 9.84 Å². The van der Waals surface area contributed by atoms with Gasteiger partial charge in [0.25, 0.3) is 5.56 Å². The number of phenolic OH excluding ortho intramolecular Hbond substituents is 1. The topological polar surface area (TPSA) is 63.5 Å². The van der Waals surface area contributed by atoms with Gasteiger partial charge in [-0.05, 0) is 23.8 Å². The van der Waals surface area contributed by atoms with Crippen molar-refractivity contribution in [1.29, 1.82) is 0 Å². The number of phenols is 1. The maximum Gasteiger partial charge on any atom is 0.250 e. The minimum atomic E-state index is -0.0646. The van der Waals surface area contributed by atoms with Gasteiger partial charge in [0.2, 0.25) is 0 Å². The van der Waals surface area contributed by atoms with Crippen molar-refractivity contribution in [2.24, 2.45) is 0 Å². The minimum Gasteiger partial charge on any atom is -0.506 e. The Hall–Kier alpha value is -1.98. The molecule has 0 atom stereocenters. The van der Waals surface area contributed by atoms with Crippen molar-refractivity contribution in [2.75, 3.05) is 19.0 Å². The van der Waals surface area contributed by atoms with Crippen LogP contribution in [0, 0.1) is 0 Å². The van der Waals surface area contributed by atoms with Crippen LogP contribution in [0.15, 0.2) is 41.3 Å². The average Bonchev–Trinajstić information content (AvgIpc) is 2.48. The number of methoxy groups -OCH3 is 1. The number of hydrogen-bond acceptors (Lipinski definition) is 4. The number of ether oxygens (including phenoxy) is 1. The Bertz CT molecular complexity index is 670. The van der Waals surface area contributed by atoms with Crippen LogP contribution in [0.4, 0.5) is 5.69 Å². The van der Waals surface area contributed by atoms with Gasteiger partial charge in [-0.2, -0.15) is 0 Å². The molecule has 1 aromatic heterocycles. The van der Waals surface area contributed by atoms with Crippen LogP contribution in [0.25, 0.3) is 0 Å². The second-order valence-corrected chi connectivity index (χ2v) is 4.99. The van der Waals surface area contributed by atoms with E-state index >= 15 is 0 Å². The molecule has 2 N–H and O–H groups in total. The number of anilines is 1. The first-order chi connectivity index (χ1) is 10.1. The second kappa shape index (κ2) is 7.15. The van der Waals surface area contributed by atoms with Crippen LogP contribution in [0.2, 0.25) is 5.02 Å². The third kappa shape index (κ3) is 4.24. The Kier molecular flexibility index (Phi) is 5.25. The molecule has 6 heteroatoms. The average molecular weight is 309 g/mol. The summed E-state index contributed by atoms with van der Waals surface area (Å²) in [5.74, 6) is 0.0635. The van der Waals surface area contributed by atoms with Gasteiger partial charge in [-0.15, -0.1) is 0 Å². The van der Waals surface area contributed by atoms with Crippen LogP contribution in [-0.4, -0.2) is 23.4 Å². The van der Waals surface area contributed by atoms with Gasteiger partial charge in [-0.1, -0.05) is 17.7 Å². The van der Waals surface area contributed by atoms with E-state index in [0.717, 1.165) is 11.3 Å². The van der Waals surface area contributed by atoms with E-state index in [1.54, 1.807) is 42.1 Å². The Balaban J connectivity index is 2.05. The summed E-state index contributed by atoms with van der Waals surface area (Å²) < 4.78 is 6.57. The molecule has 1 aromatic carbocycles. The number of hydrogen-bond donors (Lipinski definition) is 2. The SMILES string of the molecule is COCCn1cc(NCc2ccc(O)c(Cl)c2)ccc1=O. The number of halogens is 1. The number of aromatic hydroxyl groups is 1. The molecule has 0 saturated heterocycles. The summed E-state index contributed by atoms with van der Waals surface area (Å²) in [7, 11) is 1.60. The normalized spacial score (nSPS) is 10.6. The van der Waals surface area contributed by atoms with Gasteiger partial charge >= 0.3 is 0 Å². The van der Waals surface area contributed by atoms with Gasteiger partial charge < -0.3 is 19.7 Å². The standard InChI is InChI=1S/C15H17ClN2O3/c1-21-7-6-18-10-12(3-5-15(18)20)17-9-11-2-4-14(19)13(16)8-11/h2-5,8,10,17,19H,6-7,9H2,1H3. The molecule has 5 nitrogen and oxygen atoms in total. The van der Waals surface area contributed by atoms with Gasteiger partial charge in [0.15, 0.2) is 0 Å². The summed E-state index contributed by atoms with van der Waals surface area (Å²) in [5, 5.41) is 12.9. The molecule has 0 spiro atoms. The lowest BCUT2D eigenvalue weighted by Gasteiger charge is -2.10. The smallest absolute Gasteiger partial charge is 0.250 e. The molecule has 0 aliphatic rings. The number of aromatic nitrogens is 1. The molecule has 21 heavy (non-hydrogen) atoms. The first-order valence-electron chi connectivity index (χ1n) is 6.51. The van der Waals surface area contributed by atoms with E-state index in [4.69, 9.17) is 16.3 Å². The van der Waals surface area contributed by atoms with E-state index in [9.17, 15) is 9.90 Å². The number of benzene rings is 1. The molecule has 0 radical (unpaired) electrons. The fraction of sp³-hybridized carbons (Fsp3) is 0.267. The zero-order valence-electron chi connectivity index (χ0n) is 11.7. The van der Waals surface area contributed by atoms with Gasteiger partial charge in [-0.3, -0.25) is 4.79 Å².